The molecule has 2 N–H and O–H groups in total. The fraction of sp³-hybridized carbons (Fsp3) is 0.417. The van der Waals surface area contributed by atoms with Crippen LogP contribution in [-0.4, -0.2) is 47.3 Å². The number of carboxylic acid groups (broad SMARTS) is 2. The molecule has 0 spiro atoms. The second kappa shape index (κ2) is 10.7. The second-order valence-corrected chi connectivity index (χ2v) is 7.58. The van der Waals surface area contributed by atoms with Crippen molar-refractivity contribution in [1.82, 2.24) is 0 Å². The van der Waals surface area contributed by atoms with Crippen LogP contribution in [0.5, 0.6) is 0 Å². The van der Waals surface area contributed by atoms with Crippen LogP contribution in [0.1, 0.15) is 84.2 Å². The Kier molecular flexibility index (Phi) is 8.34. The lowest BCUT2D eigenvalue weighted by molar-refractivity contribution is -0.145. The van der Waals surface area contributed by atoms with Crippen LogP contribution in [-0.2, 0) is 19.1 Å². The van der Waals surface area contributed by atoms with Crippen LogP contribution in [0.25, 0.3) is 10.8 Å². The Labute approximate surface area is 186 Å². The van der Waals surface area contributed by atoms with Crippen molar-refractivity contribution >= 4 is 34.6 Å². The first-order valence-corrected chi connectivity index (χ1v) is 10.5. The third-order valence-electron chi connectivity index (χ3n) is 5.18. The molecule has 32 heavy (non-hydrogen) atoms. The van der Waals surface area contributed by atoms with Gasteiger partial charge < -0.3 is 19.7 Å². The zero-order valence-corrected chi connectivity index (χ0v) is 18.6. The van der Waals surface area contributed by atoms with E-state index in [2.05, 4.69) is 0 Å². The molecule has 0 heterocycles. The first-order valence-electron chi connectivity index (χ1n) is 10.5. The van der Waals surface area contributed by atoms with E-state index in [4.69, 9.17) is 9.47 Å². The van der Waals surface area contributed by atoms with Crippen molar-refractivity contribution in [3.05, 3.63) is 46.5 Å². The van der Waals surface area contributed by atoms with Crippen molar-refractivity contribution in [3.63, 3.8) is 0 Å². The largest absolute Gasteiger partial charge is 0.478 e. The number of hydrogen-bond donors (Lipinski definition) is 2. The number of hydrogen-bond acceptors (Lipinski definition) is 6. The van der Waals surface area contributed by atoms with Crippen LogP contribution in [0, 0.1) is 0 Å². The highest BCUT2D eigenvalue weighted by Crippen LogP contribution is 2.36. The van der Waals surface area contributed by atoms with Gasteiger partial charge in [0, 0.05) is 0 Å². The number of carbonyl (C=O) groups is 4. The number of esters is 2. The molecule has 0 amide bonds. The number of benzene rings is 2. The zero-order valence-electron chi connectivity index (χ0n) is 18.6. The van der Waals surface area contributed by atoms with Gasteiger partial charge in [-0.2, -0.15) is 0 Å². The summed E-state index contributed by atoms with van der Waals surface area (Å²) in [5.74, 6) is -5.55. The van der Waals surface area contributed by atoms with E-state index >= 15 is 0 Å². The third kappa shape index (κ3) is 5.25. The number of carbonyl (C=O) groups excluding carboxylic acids is 2. The minimum atomic E-state index is -1.30. The van der Waals surface area contributed by atoms with Crippen LogP contribution < -0.4 is 0 Å². The zero-order chi connectivity index (χ0) is 24.0. The van der Waals surface area contributed by atoms with E-state index in [0.29, 0.717) is 23.6 Å². The highest BCUT2D eigenvalue weighted by molar-refractivity contribution is 6.05. The molecule has 2 rings (SSSR count). The average molecular weight is 444 g/mol. The maximum absolute atomic E-state index is 12.7. The van der Waals surface area contributed by atoms with Crippen molar-refractivity contribution in [2.75, 3.05) is 13.2 Å². The van der Waals surface area contributed by atoms with Gasteiger partial charge in [0.25, 0.3) is 0 Å². The Hall–Kier alpha value is -3.42. The topological polar surface area (TPSA) is 127 Å². The monoisotopic (exact) mass is 444 g/mol. The summed E-state index contributed by atoms with van der Waals surface area (Å²) in [4.78, 5) is 49.0. The van der Waals surface area contributed by atoms with Gasteiger partial charge in [-0.3, -0.25) is 9.59 Å². The summed E-state index contributed by atoms with van der Waals surface area (Å²) < 4.78 is 10.4. The Balaban J connectivity index is 2.82. The number of carboxylic acids is 2. The van der Waals surface area contributed by atoms with Gasteiger partial charge in [-0.1, -0.05) is 19.9 Å². The molecule has 2 atom stereocenters. The van der Waals surface area contributed by atoms with Crippen molar-refractivity contribution < 1.29 is 38.9 Å². The van der Waals surface area contributed by atoms with Crippen LogP contribution in [0.4, 0.5) is 0 Å². The van der Waals surface area contributed by atoms with Gasteiger partial charge in [0.15, 0.2) is 0 Å². The van der Waals surface area contributed by atoms with Gasteiger partial charge in [0.1, 0.15) is 0 Å². The molecule has 2 aromatic carbocycles. The molecule has 0 saturated heterocycles. The number of aromatic carboxylic acids is 2. The van der Waals surface area contributed by atoms with Crippen molar-refractivity contribution in [1.29, 1.82) is 0 Å². The molecular weight excluding hydrogens is 416 g/mol. The summed E-state index contributed by atoms with van der Waals surface area (Å²) in [6.07, 6.45) is 1.21. The van der Waals surface area contributed by atoms with Crippen molar-refractivity contribution in [2.45, 2.75) is 52.4 Å². The summed E-state index contributed by atoms with van der Waals surface area (Å²) in [5, 5.41) is 20.3. The Morgan fingerprint density at radius 3 is 1.91 bits per heavy atom. The fourth-order valence-electron chi connectivity index (χ4n) is 3.52. The summed E-state index contributed by atoms with van der Waals surface area (Å²) >= 11 is 0. The second-order valence-electron chi connectivity index (χ2n) is 7.58. The molecule has 0 radical (unpaired) electrons. The molecule has 0 aliphatic carbocycles. The minimum Gasteiger partial charge on any atom is -0.478 e. The lowest BCUT2D eigenvalue weighted by atomic mass is 9.83. The van der Waals surface area contributed by atoms with Gasteiger partial charge >= 0.3 is 23.9 Å². The van der Waals surface area contributed by atoms with Gasteiger partial charge in [0.2, 0.25) is 0 Å². The van der Waals surface area contributed by atoms with E-state index in [1.165, 1.54) is 38.1 Å². The summed E-state index contributed by atoms with van der Waals surface area (Å²) in [6.45, 7) is 7.12. The molecule has 0 aromatic heterocycles. The molecule has 8 nitrogen and oxygen atoms in total. The fourth-order valence-corrected chi connectivity index (χ4v) is 3.52. The smallest absolute Gasteiger partial charge is 0.336 e. The normalized spacial score (nSPS) is 12.8. The van der Waals surface area contributed by atoms with Gasteiger partial charge in [0.05, 0.1) is 36.2 Å². The summed E-state index contributed by atoms with van der Waals surface area (Å²) in [7, 11) is 0. The van der Waals surface area contributed by atoms with Crippen LogP contribution in [0.15, 0.2) is 24.3 Å². The lowest BCUT2D eigenvalue weighted by Crippen LogP contribution is -2.22. The molecule has 172 valence electrons. The first-order chi connectivity index (χ1) is 15.1. The minimum absolute atomic E-state index is 0.0000925. The molecular formula is C24H28O8. The van der Waals surface area contributed by atoms with E-state index in [-0.39, 0.29) is 35.5 Å². The molecule has 0 aliphatic heterocycles. The van der Waals surface area contributed by atoms with Crippen LogP contribution in [0.2, 0.25) is 0 Å². The quantitative estimate of drug-likeness (QED) is 0.518. The maximum Gasteiger partial charge on any atom is 0.336 e. The Morgan fingerprint density at radius 1 is 0.844 bits per heavy atom. The number of ether oxygens (including phenoxy) is 2. The van der Waals surface area contributed by atoms with Crippen molar-refractivity contribution in [2.24, 2.45) is 0 Å². The average Bonchev–Trinajstić information content (AvgIpc) is 2.77. The Bertz CT molecular complexity index is 1040. The summed E-state index contributed by atoms with van der Waals surface area (Å²) in [6, 6.07) is 5.71. The first kappa shape index (κ1) is 24.8. The molecule has 2 aromatic rings. The number of rotatable bonds is 10. The SMILES string of the molecule is CCCOC(=O)C(C)c1cc2cc(C(=O)O)ccc2c([C@H](C)C(=O)OCCC)c1C(=O)O. The van der Waals surface area contributed by atoms with Crippen molar-refractivity contribution in [3.8, 4) is 0 Å². The lowest BCUT2D eigenvalue weighted by Gasteiger charge is -2.22. The van der Waals surface area contributed by atoms with Crippen LogP contribution in [0.3, 0.4) is 0 Å². The van der Waals surface area contributed by atoms with E-state index in [1.807, 2.05) is 13.8 Å². The van der Waals surface area contributed by atoms with E-state index in [1.54, 1.807) is 0 Å². The van der Waals surface area contributed by atoms with Crippen LogP contribution >= 0.6 is 0 Å². The Morgan fingerprint density at radius 2 is 1.41 bits per heavy atom. The molecule has 8 heteroatoms. The predicted molar refractivity (Wildman–Crippen MR) is 117 cm³/mol. The molecule has 0 saturated carbocycles. The van der Waals surface area contributed by atoms with Gasteiger partial charge in [-0.25, -0.2) is 9.59 Å². The summed E-state index contributed by atoms with van der Waals surface area (Å²) in [5.41, 5.74) is 0.152. The molecule has 0 aliphatic rings. The van der Waals surface area contributed by atoms with Gasteiger partial charge in [-0.15, -0.1) is 0 Å². The van der Waals surface area contributed by atoms with E-state index in [0.717, 1.165) is 0 Å². The van der Waals surface area contributed by atoms with E-state index in [9.17, 15) is 29.4 Å². The van der Waals surface area contributed by atoms with Gasteiger partial charge in [-0.05, 0) is 66.8 Å². The van der Waals surface area contributed by atoms with E-state index < -0.39 is 35.7 Å². The standard InChI is InChI=1S/C24H28O8/c1-5-9-31-23(29)13(3)18-12-16-11-15(21(25)26)7-8-17(16)19(20(18)22(27)28)14(4)24(30)32-10-6-2/h7-8,11-14H,5-6,9-10H2,1-4H3,(H,25,26)(H,27,28)/t13?,14-/m0/s1. The highest BCUT2D eigenvalue weighted by atomic mass is 16.5. The predicted octanol–water partition coefficient (Wildman–Crippen LogP) is 4.35. The molecule has 0 fully saturated rings. The number of fused-ring (bicyclic) bond motifs is 1. The third-order valence-corrected chi connectivity index (χ3v) is 5.18. The molecule has 1 unspecified atom stereocenters. The highest BCUT2D eigenvalue weighted by Gasteiger charge is 2.31. The molecule has 0 bridgehead atoms. The maximum atomic E-state index is 12.7.